The van der Waals surface area contributed by atoms with Gasteiger partial charge in [-0.1, -0.05) is 13.8 Å². The Kier molecular flexibility index (Phi) is 5.17. The standard InChI is InChI=1S/C16H24N2O3/c1-12(2)9-15(17-7-3-5-13(17)10-19)16(21)18-8-4-6-14(18)11-20/h3,5,7,10,12,14-15,20H,4,6,8-9,11H2,1-2H3/t14-,15?/m1/s1. The number of aliphatic hydroxyl groups is 1. The molecule has 2 rings (SSSR count). The lowest BCUT2D eigenvalue weighted by atomic mass is 10.0. The molecular formula is C16H24N2O3. The molecule has 1 unspecified atom stereocenters. The minimum absolute atomic E-state index is 0.00630. The summed E-state index contributed by atoms with van der Waals surface area (Å²) in [4.78, 5) is 25.8. The normalized spacial score (nSPS) is 20.0. The third-order valence-corrected chi connectivity index (χ3v) is 4.12. The van der Waals surface area contributed by atoms with Crippen LogP contribution in [0.5, 0.6) is 0 Å². The molecule has 0 bridgehead atoms. The molecule has 1 N–H and O–H groups in total. The molecule has 21 heavy (non-hydrogen) atoms. The van der Waals surface area contributed by atoms with Crippen LogP contribution in [0, 0.1) is 5.92 Å². The van der Waals surface area contributed by atoms with Crippen molar-refractivity contribution in [2.24, 2.45) is 5.92 Å². The number of aromatic nitrogens is 1. The summed E-state index contributed by atoms with van der Waals surface area (Å²) >= 11 is 0. The fraction of sp³-hybridized carbons (Fsp3) is 0.625. The van der Waals surface area contributed by atoms with Crippen LogP contribution < -0.4 is 0 Å². The molecule has 0 aliphatic carbocycles. The van der Waals surface area contributed by atoms with Gasteiger partial charge in [-0.2, -0.15) is 0 Å². The number of carbonyl (C=O) groups excluding carboxylic acids is 2. The van der Waals surface area contributed by atoms with E-state index in [0.717, 1.165) is 19.1 Å². The van der Waals surface area contributed by atoms with Gasteiger partial charge in [0.25, 0.3) is 0 Å². The maximum absolute atomic E-state index is 12.9. The number of hydrogen-bond acceptors (Lipinski definition) is 3. The number of likely N-dealkylation sites (tertiary alicyclic amines) is 1. The minimum Gasteiger partial charge on any atom is -0.394 e. The number of nitrogens with zero attached hydrogens (tertiary/aromatic N) is 2. The second-order valence-corrected chi connectivity index (χ2v) is 6.11. The van der Waals surface area contributed by atoms with E-state index >= 15 is 0 Å². The molecule has 2 heterocycles. The van der Waals surface area contributed by atoms with Crippen molar-refractivity contribution in [1.29, 1.82) is 0 Å². The second-order valence-electron chi connectivity index (χ2n) is 6.11. The van der Waals surface area contributed by atoms with E-state index in [9.17, 15) is 14.7 Å². The third-order valence-electron chi connectivity index (χ3n) is 4.12. The van der Waals surface area contributed by atoms with Gasteiger partial charge in [-0.15, -0.1) is 0 Å². The van der Waals surface area contributed by atoms with E-state index in [1.54, 1.807) is 27.8 Å². The molecule has 1 amide bonds. The highest BCUT2D eigenvalue weighted by molar-refractivity contribution is 5.83. The number of carbonyl (C=O) groups is 2. The maximum Gasteiger partial charge on any atom is 0.245 e. The summed E-state index contributed by atoms with van der Waals surface area (Å²) in [7, 11) is 0. The summed E-state index contributed by atoms with van der Waals surface area (Å²) in [6.07, 6.45) is 5.04. The first kappa shape index (κ1) is 15.8. The van der Waals surface area contributed by atoms with E-state index in [1.807, 2.05) is 0 Å². The zero-order valence-corrected chi connectivity index (χ0v) is 12.7. The van der Waals surface area contributed by atoms with Gasteiger partial charge in [0.2, 0.25) is 5.91 Å². The molecule has 1 saturated heterocycles. The van der Waals surface area contributed by atoms with Crippen LogP contribution in [0.2, 0.25) is 0 Å². The van der Waals surface area contributed by atoms with Gasteiger partial charge in [-0.25, -0.2) is 0 Å². The lowest BCUT2D eigenvalue weighted by Crippen LogP contribution is -2.42. The molecular weight excluding hydrogens is 268 g/mol. The van der Waals surface area contributed by atoms with Crippen LogP contribution in [-0.4, -0.2) is 46.0 Å². The van der Waals surface area contributed by atoms with Crippen LogP contribution in [0.3, 0.4) is 0 Å². The van der Waals surface area contributed by atoms with Crippen molar-refractivity contribution in [2.75, 3.05) is 13.2 Å². The monoisotopic (exact) mass is 292 g/mol. The van der Waals surface area contributed by atoms with Gasteiger partial charge in [-0.05, 0) is 37.3 Å². The molecule has 5 nitrogen and oxygen atoms in total. The van der Waals surface area contributed by atoms with E-state index in [2.05, 4.69) is 13.8 Å². The number of amides is 1. The zero-order valence-electron chi connectivity index (χ0n) is 12.7. The maximum atomic E-state index is 12.9. The molecule has 0 saturated carbocycles. The molecule has 1 aromatic heterocycles. The van der Waals surface area contributed by atoms with E-state index < -0.39 is 0 Å². The van der Waals surface area contributed by atoms with Gasteiger partial charge in [0, 0.05) is 12.7 Å². The fourth-order valence-corrected chi connectivity index (χ4v) is 3.08. The number of rotatable bonds is 6. The van der Waals surface area contributed by atoms with Crippen molar-refractivity contribution < 1.29 is 14.7 Å². The van der Waals surface area contributed by atoms with Crippen LogP contribution >= 0.6 is 0 Å². The van der Waals surface area contributed by atoms with E-state index in [1.165, 1.54) is 0 Å². The molecule has 5 heteroatoms. The van der Waals surface area contributed by atoms with E-state index in [0.29, 0.717) is 24.6 Å². The summed E-state index contributed by atoms with van der Waals surface area (Å²) in [5, 5.41) is 9.42. The highest BCUT2D eigenvalue weighted by Crippen LogP contribution is 2.26. The second kappa shape index (κ2) is 6.89. The Balaban J connectivity index is 2.27. The Labute approximate surface area is 125 Å². The van der Waals surface area contributed by atoms with Crippen LogP contribution in [-0.2, 0) is 4.79 Å². The molecule has 2 atom stereocenters. The Morgan fingerprint density at radius 3 is 2.90 bits per heavy atom. The smallest absolute Gasteiger partial charge is 0.245 e. The molecule has 0 radical (unpaired) electrons. The first-order chi connectivity index (χ1) is 10.1. The van der Waals surface area contributed by atoms with Crippen LogP contribution in [0.25, 0.3) is 0 Å². The lowest BCUT2D eigenvalue weighted by molar-refractivity contribution is -0.136. The van der Waals surface area contributed by atoms with Crippen LogP contribution in [0.15, 0.2) is 18.3 Å². The number of aldehydes is 1. The van der Waals surface area contributed by atoms with Gasteiger partial charge in [-0.3, -0.25) is 9.59 Å². The van der Waals surface area contributed by atoms with Crippen LogP contribution in [0.4, 0.5) is 0 Å². The van der Waals surface area contributed by atoms with Crippen molar-refractivity contribution in [3.63, 3.8) is 0 Å². The molecule has 1 fully saturated rings. The quantitative estimate of drug-likeness (QED) is 0.814. The predicted molar refractivity (Wildman–Crippen MR) is 80.1 cm³/mol. The van der Waals surface area contributed by atoms with Gasteiger partial charge in [0.05, 0.1) is 18.3 Å². The topological polar surface area (TPSA) is 62.5 Å². The Hall–Kier alpha value is -1.62. The van der Waals surface area contributed by atoms with E-state index in [-0.39, 0.29) is 24.6 Å². The molecule has 116 valence electrons. The summed E-state index contributed by atoms with van der Waals surface area (Å²) in [6.45, 7) is 4.83. The molecule has 0 spiro atoms. The summed E-state index contributed by atoms with van der Waals surface area (Å²) < 4.78 is 1.77. The average molecular weight is 292 g/mol. The average Bonchev–Trinajstić information content (AvgIpc) is 3.11. The van der Waals surface area contributed by atoms with Gasteiger partial charge < -0.3 is 14.6 Å². The third kappa shape index (κ3) is 3.35. The largest absolute Gasteiger partial charge is 0.394 e. The van der Waals surface area contributed by atoms with Crippen LogP contribution in [0.1, 0.15) is 49.6 Å². The van der Waals surface area contributed by atoms with Crippen molar-refractivity contribution in [3.8, 4) is 0 Å². The zero-order chi connectivity index (χ0) is 15.4. The molecule has 1 aromatic rings. The summed E-state index contributed by atoms with van der Waals surface area (Å²) in [6, 6.07) is 3.06. The van der Waals surface area contributed by atoms with Gasteiger partial charge in [0.1, 0.15) is 6.04 Å². The van der Waals surface area contributed by atoms with Crippen molar-refractivity contribution in [2.45, 2.75) is 45.2 Å². The highest BCUT2D eigenvalue weighted by atomic mass is 16.3. The molecule has 1 aliphatic rings. The number of hydrogen-bond donors (Lipinski definition) is 1. The Morgan fingerprint density at radius 2 is 2.29 bits per heavy atom. The highest BCUT2D eigenvalue weighted by Gasteiger charge is 2.34. The number of aliphatic hydroxyl groups excluding tert-OH is 1. The Bertz CT molecular complexity index is 495. The molecule has 0 aromatic carbocycles. The fourth-order valence-electron chi connectivity index (χ4n) is 3.08. The van der Waals surface area contributed by atoms with Crippen molar-refractivity contribution >= 4 is 12.2 Å². The lowest BCUT2D eigenvalue weighted by Gasteiger charge is -2.30. The summed E-state index contributed by atoms with van der Waals surface area (Å²) in [5.74, 6) is 0.357. The SMILES string of the molecule is CC(C)CC(C(=O)N1CCC[C@@H]1CO)n1cccc1C=O. The first-order valence-corrected chi connectivity index (χ1v) is 7.61. The minimum atomic E-state index is -0.368. The predicted octanol–water partition coefficient (Wildman–Crippen LogP) is 1.87. The van der Waals surface area contributed by atoms with E-state index in [4.69, 9.17) is 0 Å². The first-order valence-electron chi connectivity index (χ1n) is 7.61. The Morgan fingerprint density at radius 1 is 1.52 bits per heavy atom. The van der Waals surface area contributed by atoms with Crippen molar-refractivity contribution in [3.05, 3.63) is 24.0 Å². The molecule has 1 aliphatic heterocycles. The van der Waals surface area contributed by atoms with Crippen molar-refractivity contribution in [1.82, 2.24) is 9.47 Å². The van der Waals surface area contributed by atoms with Gasteiger partial charge in [0.15, 0.2) is 6.29 Å². The van der Waals surface area contributed by atoms with Gasteiger partial charge >= 0.3 is 0 Å². The summed E-state index contributed by atoms with van der Waals surface area (Å²) in [5.41, 5.74) is 0.522.